The summed E-state index contributed by atoms with van der Waals surface area (Å²) >= 11 is 0. The Morgan fingerprint density at radius 3 is 2.75 bits per heavy atom. The van der Waals surface area contributed by atoms with Crippen LogP contribution in [0.15, 0.2) is 5.28 Å². The minimum Gasteiger partial charge on any atom is -0.569 e. The molecule has 9 nitrogen and oxygen atoms in total. The first-order valence-electron chi connectivity index (χ1n) is 6.60. The van der Waals surface area contributed by atoms with E-state index in [-0.39, 0.29) is 19.1 Å². The maximum absolute atomic E-state index is 11.6. The quantitative estimate of drug-likeness (QED) is 0.256. The first kappa shape index (κ1) is 16.3. The van der Waals surface area contributed by atoms with Crippen LogP contribution < -0.4 is 0 Å². The van der Waals surface area contributed by atoms with E-state index in [9.17, 15) is 10.0 Å². The van der Waals surface area contributed by atoms with Gasteiger partial charge in [-0.15, -0.1) is 5.01 Å². The zero-order valence-electron chi connectivity index (χ0n) is 11.7. The average molecular weight is 291 g/mol. The van der Waals surface area contributed by atoms with Crippen molar-refractivity contribution in [1.82, 2.24) is 5.01 Å². The third-order valence-electron chi connectivity index (χ3n) is 2.88. The molecule has 0 aromatic carbocycles. The highest BCUT2D eigenvalue weighted by Crippen LogP contribution is 2.16. The summed E-state index contributed by atoms with van der Waals surface area (Å²) in [5.41, 5.74) is 0. The van der Waals surface area contributed by atoms with Crippen LogP contribution in [0.4, 0.5) is 4.79 Å². The molecule has 1 fully saturated rings. The van der Waals surface area contributed by atoms with Crippen molar-refractivity contribution in [3.05, 3.63) is 5.21 Å². The van der Waals surface area contributed by atoms with E-state index in [0.717, 1.165) is 12.8 Å². The Morgan fingerprint density at radius 2 is 2.20 bits per heavy atom. The first-order chi connectivity index (χ1) is 9.56. The minimum atomic E-state index is -1.01. The van der Waals surface area contributed by atoms with Crippen molar-refractivity contribution in [2.24, 2.45) is 11.2 Å². The van der Waals surface area contributed by atoms with E-state index in [4.69, 9.17) is 9.94 Å². The molecular formula is C11H21N3O6. The molecule has 20 heavy (non-hydrogen) atoms. The van der Waals surface area contributed by atoms with Crippen LogP contribution in [0.2, 0.25) is 0 Å². The second kappa shape index (κ2) is 8.41. The Hall–Kier alpha value is -1.77. The molecule has 1 aliphatic heterocycles. The lowest BCUT2D eigenvalue weighted by molar-refractivity contribution is -0.715. The monoisotopic (exact) mass is 291 g/mol. The summed E-state index contributed by atoms with van der Waals surface area (Å²) in [6.07, 6.45) is -0.448. The predicted octanol–water partition coefficient (Wildman–Crippen LogP) is 1.02. The SMILES string of the molecule is CCOC(=O)OC(C)O/N=[N+](\[O-])N1CCC(CO)CC1. The Balaban J connectivity index is 2.32. The Kier molecular flexibility index (Phi) is 6.85. The number of aliphatic hydroxyl groups excluding tert-OH is 1. The van der Waals surface area contributed by atoms with Crippen LogP contribution in [0.25, 0.3) is 0 Å². The number of carbonyl (C=O) groups is 1. The van der Waals surface area contributed by atoms with E-state index < -0.39 is 12.4 Å². The van der Waals surface area contributed by atoms with Gasteiger partial charge in [-0.1, -0.05) is 0 Å². The summed E-state index contributed by atoms with van der Waals surface area (Å²) in [5, 5.41) is 25.4. The van der Waals surface area contributed by atoms with Gasteiger partial charge in [0.1, 0.15) is 0 Å². The van der Waals surface area contributed by atoms with E-state index in [1.165, 1.54) is 11.9 Å². The van der Waals surface area contributed by atoms with Gasteiger partial charge in [0, 0.05) is 13.5 Å². The molecule has 1 saturated heterocycles. The maximum Gasteiger partial charge on any atom is 0.511 e. The van der Waals surface area contributed by atoms with Gasteiger partial charge in [-0.05, 0) is 25.7 Å². The van der Waals surface area contributed by atoms with Crippen molar-refractivity contribution in [2.45, 2.75) is 33.0 Å². The number of aliphatic hydroxyl groups is 1. The first-order valence-corrected chi connectivity index (χ1v) is 6.60. The lowest BCUT2D eigenvalue weighted by Crippen LogP contribution is -2.39. The van der Waals surface area contributed by atoms with E-state index >= 15 is 0 Å². The summed E-state index contributed by atoms with van der Waals surface area (Å²) in [6, 6.07) is 0. The summed E-state index contributed by atoms with van der Waals surface area (Å²) in [5.74, 6) is 0.228. The molecule has 0 radical (unpaired) electrons. The second-order valence-corrected chi connectivity index (χ2v) is 4.39. The van der Waals surface area contributed by atoms with Gasteiger partial charge in [0.25, 0.3) is 6.29 Å². The molecule has 1 N–H and O–H groups in total. The van der Waals surface area contributed by atoms with Crippen LogP contribution in [0.3, 0.4) is 0 Å². The standard InChI is InChI=1S/C11H21N3O6/c1-3-18-11(16)19-9(2)20-12-14(17)13-6-4-10(8-15)5-7-13/h9-10,15H,3-8H2,1-2H3/b14-12-. The third kappa shape index (κ3) is 5.47. The molecule has 1 aliphatic rings. The highest BCUT2D eigenvalue weighted by molar-refractivity contribution is 5.59. The molecule has 1 atom stereocenters. The van der Waals surface area contributed by atoms with Gasteiger partial charge in [0.05, 0.1) is 24.7 Å². The van der Waals surface area contributed by atoms with Gasteiger partial charge >= 0.3 is 6.16 Å². The number of hydrazine groups is 1. The van der Waals surface area contributed by atoms with Crippen LogP contribution in [0.5, 0.6) is 0 Å². The number of hydrogen-bond donors (Lipinski definition) is 1. The van der Waals surface area contributed by atoms with Crippen LogP contribution >= 0.6 is 0 Å². The van der Waals surface area contributed by atoms with E-state index in [0.29, 0.717) is 18.1 Å². The zero-order chi connectivity index (χ0) is 15.0. The second-order valence-electron chi connectivity index (χ2n) is 4.39. The number of rotatable bonds is 6. The van der Waals surface area contributed by atoms with Crippen LogP contribution in [0, 0.1) is 11.1 Å². The summed E-state index contributed by atoms with van der Waals surface area (Å²) in [7, 11) is 0. The smallest absolute Gasteiger partial charge is 0.511 e. The molecule has 0 bridgehead atoms. The lowest BCUT2D eigenvalue weighted by Gasteiger charge is -2.26. The Labute approximate surface area is 117 Å². The summed E-state index contributed by atoms with van der Waals surface area (Å²) < 4.78 is 9.22. The summed E-state index contributed by atoms with van der Waals surface area (Å²) in [6.45, 7) is 4.38. The molecule has 0 saturated carbocycles. The third-order valence-corrected chi connectivity index (χ3v) is 2.88. The number of carbonyl (C=O) groups excluding carboxylic acids is 1. The fraction of sp³-hybridized carbons (Fsp3) is 0.909. The van der Waals surface area contributed by atoms with Gasteiger partial charge < -0.3 is 19.8 Å². The highest BCUT2D eigenvalue weighted by Gasteiger charge is 2.24. The molecule has 0 spiro atoms. The molecule has 9 heteroatoms. The minimum absolute atomic E-state index is 0.130. The lowest BCUT2D eigenvalue weighted by atomic mass is 9.99. The van der Waals surface area contributed by atoms with Crippen molar-refractivity contribution in [1.29, 1.82) is 0 Å². The molecule has 116 valence electrons. The van der Waals surface area contributed by atoms with Gasteiger partial charge in [0.15, 0.2) is 0 Å². The van der Waals surface area contributed by atoms with Gasteiger partial charge in [0.2, 0.25) is 5.28 Å². The zero-order valence-corrected chi connectivity index (χ0v) is 11.7. The molecule has 1 heterocycles. The number of ether oxygens (including phenoxy) is 2. The van der Waals surface area contributed by atoms with E-state index in [2.05, 4.69) is 14.8 Å². The number of hydrogen-bond acceptors (Lipinski definition) is 7. The largest absolute Gasteiger partial charge is 0.569 e. The van der Waals surface area contributed by atoms with Gasteiger partial charge in [-0.25, -0.2) is 4.79 Å². The number of piperidine rings is 1. The predicted molar refractivity (Wildman–Crippen MR) is 66.1 cm³/mol. The van der Waals surface area contributed by atoms with Crippen molar-refractivity contribution < 1.29 is 29.2 Å². The molecule has 0 aromatic rings. The van der Waals surface area contributed by atoms with E-state index in [1.807, 2.05) is 0 Å². The van der Waals surface area contributed by atoms with Crippen LogP contribution in [0.1, 0.15) is 26.7 Å². The summed E-state index contributed by atoms with van der Waals surface area (Å²) in [4.78, 5) is 16.1. The van der Waals surface area contributed by atoms with Gasteiger partial charge in [-0.2, -0.15) is 0 Å². The molecule has 0 amide bonds. The van der Waals surface area contributed by atoms with Gasteiger partial charge in [-0.3, -0.25) is 4.84 Å². The fourth-order valence-corrected chi connectivity index (χ4v) is 1.74. The van der Waals surface area contributed by atoms with Crippen LogP contribution in [-0.4, -0.2) is 53.8 Å². The Bertz CT molecular complexity index is 330. The normalized spacial score (nSPS) is 18.6. The van der Waals surface area contributed by atoms with Crippen molar-refractivity contribution in [3.8, 4) is 0 Å². The molecule has 1 unspecified atom stereocenters. The maximum atomic E-state index is 11.6. The van der Waals surface area contributed by atoms with Crippen molar-refractivity contribution in [3.63, 3.8) is 0 Å². The average Bonchev–Trinajstić information content (AvgIpc) is 2.45. The molecule has 0 aliphatic carbocycles. The topological polar surface area (TPSA) is 107 Å². The highest BCUT2D eigenvalue weighted by atomic mass is 16.8. The van der Waals surface area contributed by atoms with E-state index in [1.54, 1.807) is 6.92 Å². The van der Waals surface area contributed by atoms with Crippen molar-refractivity contribution >= 4 is 6.16 Å². The molecular weight excluding hydrogens is 270 g/mol. The molecule has 0 aromatic heterocycles. The fourth-order valence-electron chi connectivity index (χ4n) is 1.74. The van der Waals surface area contributed by atoms with Crippen molar-refractivity contribution in [2.75, 3.05) is 26.3 Å². The molecule has 1 rings (SSSR count). The Morgan fingerprint density at radius 1 is 1.55 bits per heavy atom. The number of nitrogens with zero attached hydrogens (tertiary/aromatic N) is 3. The van der Waals surface area contributed by atoms with Crippen LogP contribution in [-0.2, 0) is 14.3 Å².